The Kier molecular flexibility index (Phi) is 5.33. The van der Waals surface area contributed by atoms with Crippen LogP contribution >= 0.6 is 15.9 Å². The van der Waals surface area contributed by atoms with Crippen molar-refractivity contribution in [2.75, 3.05) is 36.4 Å². The van der Waals surface area contributed by atoms with Gasteiger partial charge in [0.15, 0.2) is 0 Å². The number of nitrogens with zero attached hydrogens (tertiary/aromatic N) is 3. The summed E-state index contributed by atoms with van der Waals surface area (Å²) in [6.07, 6.45) is 1.75. The molecular formula is C18H19BrN4O2. The number of rotatable bonds is 2. The van der Waals surface area contributed by atoms with Gasteiger partial charge < -0.3 is 15.1 Å². The number of amides is 2. The molecule has 1 aliphatic heterocycles. The Morgan fingerprint density at radius 2 is 1.88 bits per heavy atom. The fourth-order valence-corrected chi connectivity index (χ4v) is 2.98. The van der Waals surface area contributed by atoms with Gasteiger partial charge in [0.2, 0.25) is 0 Å². The predicted molar refractivity (Wildman–Crippen MR) is 101 cm³/mol. The Balaban J connectivity index is 1.56. The van der Waals surface area contributed by atoms with Crippen LogP contribution in [0.25, 0.3) is 0 Å². The normalized spacial score (nSPS) is 14.3. The van der Waals surface area contributed by atoms with Crippen molar-refractivity contribution in [1.82, 2.24) is 9.88 Å². The molecule has 0 atom stereocenters. The monoisotopic (exact) mass is 402 g/mol. The van der Waals surface area contributed by atoms with Crippen molar-refractivity contribution in [1.29, 1.82) is 0 Å². The van der Waals surface area contributed by atoms with E-state index in [4.69, 9.17) is 0 Å². The van der Waals surface area contributed by atoms with Crippen LogP contribution in [0.1, 0.15) is 5.56 Å². The molecule has 2 heterocycles. The van der Waals surface area contributed by atoms with Gasteiger partial charge >= 0.3 is 11.8 Å². The lowest BCUT2D eigenvalue weighted by Crippen LogP contribution is -2.51. The van der Waals surface area contributed by atoms with Gasteiger partial charge in [-0.3, -0.25) is 9.59 Å². The van der Waals surface area contributed by atoms with Crippen LogP contribution < -0.4 is 10.2 Å². The fourth-order valence-electron chi connectivity index (χ4n) is 2.73. The number of nitrogens with one attached hydrogen (secondary N) is 1. The molecule has 1 fully saturated rings. The molecule has 25 heavy (non-hydrogen) atoms. The highest BCUT2D eigenvalue weighted by molar-refractivity contribution is 9.10. The molecule has 1 saturated heterocycles. The number of anilines is 2. The number of hydrogen-bond acceptors (Lipinski definition) is 4. The number of aromatic nitrogens is 1. The van der Waals surface area contributed by atoms with Gasteiger partial charge in [-0.2, -0.15) is 0 Å². The summed E-state index contributed by atoms with van der Waals surface area (Å²) in [5.41, 5.74) is 1.61. The molecule has 0 aliphatic carbocycles. The first-order valence-electron chi connectivity index (χ1n) is 8.07. The second kappa shape index (κ2) is 7.65. The second-order valence-electron chi connectivity index (χ2n) is 5.89. The first kappa shape index (κ1) is 17.4. The molecule has 3 rings (SSSR count). The van der Waals surface area contributed by atoms with Crippen LogP contribution in [-0.4, -0.2) is 47.9 Å². The lowest BCUT2D eigenvalue weighted by molar-refractivity contribution is -0.143. The van der Waals surface area contributed by atoms with Gasteiger partial charge in [0.05, 0.1) is 0 Å². The van der Waals surface area contributed by atoms with E-state index in [9.17, 15) is 9.59 Å². The van der Waals surface area contributed by atoms with Crippen molar-refractivity contribution in [2.24, 2.45) is 0 Å². The average molecular weight is 403 g/mol. The molecule has 7 heteroatoms. The van der Waals surface area contributed by atoms with E-state index in [1.54, 1.807) is 17.2 Å². The molecule has 0 unspecified atom stereocenters. The largest absolute Gasteiger partial charge is 0.353 e. The van der Waals surface area contributed by atoms with Crippen molar-refractivity contribution in [2.45, 2.75) is 6.92 Å². The van der Waals surface area contributed by atoms with Crippen LogP contribution in [0, 0.1) is 6.92 Å². The zero-order valence-electron chi connectivity index (χ0n) is 13.9. The summed E-state index contributed by atoms with van der Waals surface area (Å²) in [5, 5.41) is 2.67. The number of pyridine rings is 1. The number of carbonyl (C=O) groups is 2. The maximum Gasteiger partial charge on any atom is 0.313 e. The Labute approximate surface area is 155 Å². The molecule has 1 aliphatic rings. The maximum atomic E-state index is 12.4. The number of halogens is 1. The summed E-state index contributed by atoms with van der Waals surface area (Å²) < 4.78 is 0.961. The van der Waals surface area contributed by atoms with E-state index in [0.717, 1.165) is 15.9 Å². The van der Waals surface area contributed by atoms with Gasteiger partial charge in [-0.1, -0.05) is 22.0 Å². The first-order chi connectivity index (χ1) is 12.0. The van der Waals surface area contributed by atoms with Gasteiger partial charge in [0, 0.05) is 42.5 Å². The summed E-state index contributed by atoms with van der Waals surface area (Å²) in [6.45, 7) is 4.25. The van der Waals surface area contributed by atoms with Crippen LogP contribution in [-0.2, 0) is 9.59 Å². The minimum absolute atomic E-state index is 0.499. The van der Waals surface area contributed by atoms with E-state index in [-0.39, 0.29) is 0 Å². The van der Waals surface area contributed by atoms with Crippen molar-refractivity contribution >= 4 is 39.2 Å². The van der Waals surface area contributed by atoms with Crippen molar-refractivity contribution in [3.8, 4) is 0 Å². The number of piperazine rings is 1. The van der Waals surface area contributed by atoms with Crippen molar-refractivity contribution in [3.05, 3.63) is 52.6 Å². The molecule has 0 bridgehead atoms. The molecule has 2 aromatic rings. The second-order valence-corrected chi connectivity index (χ2v) is 6.74. The molecule has 1 aromatic heterocycles. The Morgan fingerprint density at radius 1 is 1.12 bits per heavy atom. The van der Waals surface area contributed by atoms with Crippen LogP contribution in [0.3, 0.4) is 0 Å². The fraction of sp³-hybridized carbons (Fsp3) is 0.278. The van der Waals surface area contributed by atoms with Crippen LogP contribution in [0.2, 0.25) is 0 Å². The molecular weight excluding hydrogens is 384 g/mol. The lowest BCUT2D eigenvalue weighted by Gasteiger charge is -2.35. The summed E-state index contributed by atoms with van der Waals surface area (Å²) >= 11 is 3.41. The third-order valence-corrected chi connectivity index (χ3v) is 5.04. The van der Waals surface area contributed by atoms with Crippen molar-refractivity contribution in [3.63, 3.8) is 0 Å². The number of carbonyl (C=O) groups excluding carboxylic acids is 2. The molecule has 0 radical (unpaired) electrons. The zero-order chi connectivity index (χ0) is 17.8. The average Bonchev–Trinajstić information content (AvgIpc) is 2.65. The summed E-state index contributed by atoms with van der Waals surface area (Å²) in [5.74, 6) is -0.210. The number of aryl methyl sites for hydroxylation is 1. The number of benzene rings is 1. The van der Waals surface area contributed by atoms with E-state index in [1.807, 2.05) is 37.3 Å². The van der Waals surface area contributed by atoms with E-state index < -0.39 is 11.8 Å². The molecule has 0 saturated carbocycles. The van der Waals surface area contributed by atoms with Gasteiger partial charge in [-0.05, 0) is 42.8 Å². The quantitative estimate of drug-likeness (QED) is 0.783. The van der Waals surface area contributed by atoms with E-state index in [1.165, 1.54) is 0 Å². The zero-order valence-corrected chi connectivity index (χ0v) is 15.5. The first-order valence-corrected chi connectivity index (χ1v) is 8.86. The molecule has 1 N–H and O–H groups in total. The van der Waals surface area contributed by atoms with E-state index in [2.05, 4.69) is 31.1 Å². The van der Waals surface area contributed by atoms with Crippen LogP contribution in [0.5, 0.6) is 0 Å². The van der Waals surface area contributed by atoms with E-state index in [0.29, 0.717) is 31.9 Å². The molecule has 2 amide bonds. The van der Waals surface area contributed by atoms with Crippen LogP contribution in [0.4, 0.5) is 11.5 Å². The van der Waals surface area contributed by atoms with Gasteiger partial charge in [0.25, 0.3) is 0 Å². The number of hydrogen-bond donors (Lipinski definition) is 1. The molecule has 1 aromatic carbocycles. The summed E-state index contributed by atoms with van der Waals surface area (Å²) in [7, 11) is 0. The standard InChI is InChI=1S/C18H19BrN4O2/c1-13-12-14(5-6-15(13)19)21-17(24)18(25)23-10-8-22(9-11-23)16-4-2-3-7-20-16/h2-7,12H,8-11H2,1H3,(H,21,24). The predicted octanol–water partition coefficient (Wildman–Crippen LogP) is 2.44. The minimum atomic E-state index is -0.604. The Morgan fingerprint density at radius 3 is 2.52 bits per heavy atom. The highest BCUT2D eigenvalue weighted by atomic mass is 79.9. The molecule has 0 spiro atoms. The topological polar surface area (TPSA) is 65.5 Å². The minimum Gasteiger partial charge on any atom is -0.353 e. The third-order valence-electron chi connectivity index (χ3n) is 4.15. The molecule has 130 valence electrons. The highest BCUT2D eigenvalue weighted by Gasteiger charge is 2.26. The van der Waals surface area contributed by atoms with Gasteiger partial charge in [0.1, 0.15) is 5.82 Å². The van der Waals surface area contributed by atoms with Crippen LogP contribution in [0.15, 0.2) is 47.1 Å². The third kappa shape index (κ3) is 4.17. The van der Waals surface area contributed by atoms with E-state index >= 15 is 0 Å². The maximum absolute atomic E-state index is 12.4. The summed E-state index contributed by atoms with van der Waals surface area (Å²) in [6, 6.07) is 11.2. The molecule has 6 nitrogen and oxygen atoms in total. The lowest BCUT2D eigenvalue weighted by atomic mass is 10.2. The van der Waals surface area contributed by atoms with Gasteiger partial charge in [-0.25, -0.2) is 4.98 Å². The Hall–Kier alpha value is -2.41. The summed E-state index contributed by atoms with van der Waals surface area (Å²) in [4.78, 5) is 32.6. The van der Waals surface area contributed by atoms with Gasteiger partial charge in [-0.15, -0.1) is 0 Å². The smallest absolute Gasteiger partial charge is 0.313 e. The Bertz CT molecular complexity index is 774. The highest BCUT2D eigenvalue weighted by Crippen LogP contribution is 2.20. The van der Waals surface area contributed by atoms with Crippen molar-refractivity contribution < 1.29 is 9.59 Å². The SMILES string of the molecule is Cc1cc(NC(=O)C(=O)N2CCN(c3ccccn3)CC2)ccc1Br.